The molecule has 0 aliphatic rings. The molecule has 20 heavy (non-hydrogen) atoms. The lowest BCUT2D eigenvalue weighted by Gasteiger charge is -2.17. The summed E-state index contributed by atoms with van der Waals surface area (Å²) in [6, 6.07) is 2.97. The second-order valence-electron chi connectivity index (χ2n) is 3.98. The lowest BCUT2D eigenvalue weighted by molar-refractivity contribution is -0.139. The number of allylic oxidation sites excluding steroid dienone is 1. The number of carbonyl (C=O) groups is 2. The number of halogens is 1. The SMILES string of the molecule is COC(=O)C=C(C)NC(C(=O)O)c1ccc(O)c(Cl)c1. The molecule has 0 aliphatic carbocycles. The van der Waals surface area contributed by atoms with Crippen molar-refractivity contribution in [2.24, 2.45) is 0 Å². The summed E-state index contributed by atoms with van der Waals surface area (Å²) in [6.45, 7) is 1.54. The van der Waals surface area contributed by atoms with Gasteiger partial charge in [-0.1, -0.05) is 17.7 Å². The van der Waals surface area contributed by atoms with Crippen LogP contribution in [0, 0.1) is 0 Å². The molecule has 0 bridgehead atoms. The van der Waals surface area contributed by atoms with Crippen LogP contribution in [0.4, 0.5) is 0 Å². The first-order valence-corrected chi connectivity index (χ1v) is 5.97. The molecule has 6 nitrogen and oxygen atoms in total. The lowest BCUT2D eigenvalue weighted by atomic mass is 10.1. The van der Waals surface area contributed by atoms with Crippen molar-refractivity contribution in [1.29, 1.82) is 0 Å². The van der Waals surface area contributed by atoms with Gasteiger partial charge in [-0.15, -0.1) is 0 Å². The largest absolute Gasteiger partial charge is 0.506 e. The highest BCUT2D eigenvalue weighted by molar-refractivity contribution is 6.32. The molecule has 1 aromatic carbocycles. The highest BCUT2D eigenvalue weighted by Crippen LogP contribution is 2.27. The summed E-state index contributed by atoms with van der Waals surface area (Å²) in [7, 11) is 1.22. The normalized spacial score (nSPS) is 12.7. The molecule has 0 saturated heterocycles. The minimum Gasteiger partial charge on any atom is -0.506 e. The summed E-state index contributed by atoms with van der Waals surface area (Å²) in [6.07, 6.45) is 1.14. The average molecular weight is 300 g/mol. The Bertz CT molecular complexity index is 556. The van der Waals surface area contributed by atoms with Crippen LogP contribution >= 0.6 is 11.6 Å². The van der Waals surface area contributed by atoms with Gasteiger partial charge in [0.1, 0.15) is 5.75 Å². The molecule has 0 amide bonds. The van der Waals surface area contributed by atoms with Crippen molar-refractivity contribution >= 4 is 23.5 Å². The van der Waals surface area contributed by atoms with Gasteiger partial charge < -0.3 is 20.3 Å². The molecule has 7 heteroatoms. The van der Waals surface area contributed by atoms with E-state index in [1.54, 1.807) is 0 Å². The number of carboxylic acids is 1. The first kappa shape index (κ1) is 15.8. The van der Waals surface area contributed by atoms with Crippen molar-refractivity contribution in [2.45, 2.75) is 13.0 Å². The van der Waals surface area contributed by atoms with Gasteiger partial charge in [-0.25, -0.2) is 9.59 Å². The second-order valence-corrected chi connectivity index (χ2v) is 4.38. The molecule has 0 radical (unpaired) electrons. The Hall–Kier alpha value is -2.21. The molecule has 1 aromatic rings. The van der Waals surface area contributed by atoms with Gasteiger partial charge in [0.05, 0.1) is 12.1 Å². The third-order valence-corrected chi connectivity index (χ3v) is 2.76. The van der Waals surface area contributed by atoms with Gasteiger partial charge in [-0.05, 0) is 24.6 Å². The number of benzene rings is 1. The van der Waals surface area contributed by atoms with E-state index in [2.05, 4.69) is 10.1 Å². The zero-order valence-electron chi connectivity index (χ0n) is 10.9. The Morgan fingerprint density at radius 3 is 2.60 bits per heavy atom. The van der Waals surface area contributed by atoms with Crippen LogP contribution in [0.3, 0.4) is 0 Å². The third-order valence-electron chi connectivity index (χ3n) is 2.46. The van der Waals surface area contributed by atoms with Crippen LogP contribution < -0.4 is 5.32 Å². The fourth-order valence-electron chi connectivity index (χ4n) is 1.50. The number of esters is 1. The lowest BCUT2D eigenvalue weighted by Crippen LogP contribution is -2.27. The minimum absolute atomic E-state index is 0.0464. The van der Waals surface area contributed by atoms with Crippen molar-refractivity contribution in [3.63, 3.8) is 0 Å². The van der Waals surface area contributed by atoms with E-state index in [1.807, 2.05) is 0 Å². The van der Waals surface area contributed by atoms with Gasteiger partial charge in [0.15, 0.2) is 6.04 Å². The minimum atomic E-state index is -1.15. The number of rotatable bonds is 5. The van der Waals surface area contributed by atoms with Crippen LogP contribution in [0.2, 0.25) is 5.02 Å². The Morgan fingerprint density at radius 1 is 1.45 bits per heavy atom. The Kier molecular flexibility index (Phi) is 5.40. The fraction of sp³-hybridized carbons (Fsp3) is 0.231. The molecule has 0 aromatic heterocycles. The van der Waals surface area contributed by atoms with E-state index < -0.39 is 18.0 Å². The Balaban J connectivity index is 3.00. The standard InChI is InChI=1S/C13H14ClNO5/c1-7(5-11(17)20-2)15-12(13(18)19)8-3-4-10(16)9(14)6-8/h3-6,12,15-16H,1-2H3,(H,18,19). The molecule has 0 fully saturated rings. The van der Waals surface area contributed by atoms with Crippen molar-refractivity contribution in [3.8, 4) is 5.75 Å². The van der Waals surface area contributed by atoms with Crippen molar-refractivity contribution in [2.75, 3.05) is 7.11 Å². The van der Waals surface area contributed by atoms with Crippen LogP contribution in [0.25, 0.3) is 0 Å². The van der Waals surface area contributed by atoms with Gasteiger partial charge >= 0.3 is 11.9 Å². The third kappa shape index (κ3) is 4.17. The summed E-state index contributed by atoms with van der Waals surface area (Å²) in [4.78, 5) is 22.3. The second kappa shape index (κ2) is 6.81. The van der Waals surface area contributed by atoms with E-state index in [9.17, 15) is 19.8 Å². The van der Waals surface area contributed by atoms with Gasteiger partial charge in [-0.2, -0.15) is 0 Å². The number of hydrogen-bond donors (Lipinski definition) is 3. The fourth-order valence-corrected chi connectivity index (χ4v) is 1.68. The summed E-state index contributed by atoms with van der Waals surface area (Å²) in [5.41, 5.74) is 0.673. The quantitative estimate of drug-likeness (QED) is 0.567. The van der Waals surface area contributed by atoms with Crippen LogP contribution in [0.15, 0.2) is 30.0 Å². The maximum Gasteiger partial charge on any atom is 0.332 e. The number of aromatic hydroxyl groups is 1. The number of nitrogens with one attached hydrogen (secondary N) is 1. The van der Waals surface area contributed by atoms with Crippen LogP contribution in [0.5, 0.6) is 5.75 Å². The maximum atomic E-state index is 11.3. The smallest absolute Gasteiger partial charge is 0.332 e. The molecular formula is C13H14ClNO5. The highest BCUT2D eigenvalue weighted by atomic mass is 35.5. The number of phenols is 1. The molecule has 0 aliphatic heterocycles. The molecule has 0 saturated carbocycles. The molecule has 0 heterocycles. The molecular weight excluding hydrogens is 286 g/mol. The van der Waals surface area contributed by atoms with Crippen LogP contribution in [-0.4, -0.2) is 29.3 Å². The Labute approximate surface area is 120 Å². The zero-order chi connectivity index (χ0) is 15.3. The molecule has 1 atom stereocenters. The van der Waals surface area contributed by atoms with E-state index in [0.717, 1.165) is 6.08 Å². The van der Waals surface area contributed by atoms with E-state index in [-0.39, 0.29) is 10.8 Å². The van der Waals surface area contributed by atoms with E-state index in [1.165, 1.54) is 32.2 Å². The van der Waals surface area contributed by atoms with E-state index in [4.69, 9.17) is 11.6 Å². The van der Waals surface area contributed by atoms with Crippen molar-refractivity contribution in [3.05, 3.63) is 40.6 Å². The topological polar surface area (TPSA) is 95.9 Å². The summed E-state index contributed by atoms with van der Waals surface area (Å²) in [5, 5.41) is 21.3. The van der Waals surface area contributed by atoms with Gasteiger partial charge in [-0.3, -0.25) is 0 Å². The Morgan fingerprint density at radius 2 is 2.10 bits per heavy atom. The zero-order valence-corrected chi connectivity index (χ0v) is 11.6. The van der Waals surface area contributed by atoms with E-state index in [0.29, 0.717) is 11.3 Å². The number of ether oxygens (including phenoxy) is 1. The molecule has 3 N–H and O–H groups in total. The van der Waals surface area contributed by atoms with Gasteiger partial charge in [0.25, 0.3) is 0 Å². The molecule has 108 valence electrons. The first-order valence-electron chi connectivity index (χ1n) is 5.59. The number of hydrogen-bond acceptors (Lipinski definition) is 5. The van der Waals surface area contributed by atoms with Gasteiger partial charge in [0.2, 0.25) is 0 Å². The van der Waals surface area contributed by atoms with Gasteiger partial charge in [0, 0.05) is 11.8 Å². The molecule has 1 rings (SSSR count). The molecule has 0 spiro atoms. The predicted molar refractivity (Wildman–Crippen MR) is 72.4 cm³/mol. The molecule has 1 unspecified atom stereocenters. The number of phenolic OH excluding ortho intramolecular Hbond substituents is 1. The summed E-state index contributed by atoms with van der Waals surface area (Å²) >= 11 is 5.75. The summed E-state index contributed by atoms with van der Waals surface area (Å²) in [5.74, 6) is -1.88. The number of methoxy groups -OCH3 is 1. The highest BCUT2D eigenvalue weighted by Gasteiger charge is 2.20. The average Bonchev–Trinajstić information content (AvgIpc) is 2.38. The number of carbonyl (C=O) groups excluding carboxylic acids is 1. The monoisotopic (exact) mass is 299 g/mol. The van der Waals surface area contributed by atoms with E-state index >= 15 is 0 Å². The van der Waals surface area contributed by atoms with Crippen LogP contribution in [0.1, 0.15) is 18.5 Å². The van der Waals surface area contributed by atoms with Crippen molar-refractivity contribution < 1.29 is 24.5 Å². The van der Waals surface area contributed by atoms with Crippen molar-refractivity contribution in [1.82, 2.24) is 5.32 Å². The van der Waals surface area contributed by atoms with Crippen LogP contribution in [-0.2, 0) is 14.3 Å². The number of aliphatic carboxylic acids is 1. The predicted octanol–water partition coefficient (Wildman–Crippen LogP) is 1.84. The first-order chi connectivity index (χ1) is 9.35. The number of carboxylic acid groups (broad SMARTS) is 1. The summed E-state index contributed by atoms with van der Waals surface area (Å²) < 4.78 is 4.45. The maximum absolute atomic E-state index is 11.3.